The van der Waals surface area contributed by atoms with Gasteiger partial charge in [0.05, 0.1) is 5.92 Å². The Morgan fingerprint density at radius 2 is 2.12 bits per heavy atom. The van der Waals surface area contributed by atoms with Crippen molar-refractivity contribution in [2.75, 3.05) is 11.4 Å². The molecule has 3 nitrogen and oxygen atoms in total. The molecule has 0 unspecified atom stereocenters. The van der Waals surface area contributed by atoms with Crippen LogP contribution in [0.25, 0.3) is 0 Å². The first kappa shape index (κ1) is 11.1. The molecule has 1 atom stereocenters. The van der Waals surface area contributed by atoms with Crippen LogP contribution in [0.5, 0.6) is 0 Å². The molecule has 1 heterocycles. The van der Waals surface area contributed by atoms with Gasteiger partial charge in [-0.15, -0.1) is 0 Å². The summed E-state index contributed by atoms with van der Waals surface area (Å²) >= 11 is 5.42. The van der Waals surface area contributed by atoms with E-state index in [9.17, 15) is 9.59 Å². The molecule has 84 valence electrons. The minimum absolute atomic E-state index is 0.0340. The van der Waals surface area contributed by atoms with Crippen LogP contribution >= 0.6 is 11.6 Å². The predicted molar refractivity (Wildman–Crippen MR) is 62.5 cm³/mol. The fourth-order valence-electron chi connectivity index (χ4n) is 1.96. The van der Waals surface area contributed by atoms with Crippen molar-refractivity contribution >= 4 is 28.4 Å². The van der Waals surface area contributed by atoms with Gasteiger partial charge in [-0.25, -0.2) is 0 Å². The monoisotopic (exact) mass is 237 g/mol. The van der Waals surface area contributed by atoms with E-state index < -0.39 is 5.24 Å². The lowest BCUT2D eigenvalue weighted by molar-refractivity contribution is -0.120. The number of rotatable bonds is 2. The Kier molecular flexibility index (Phi) is 2.97. The fraction of sp³-hybridized carbons (Fsp3) is 0.333. The zero-order valence-electron chi connectivity index (χ0n) is 8.94. The predicted octanol–water partition coefficient (Wildman–Crippen LogP) is 2.11. The number of aryl methyl sites for hydroxylation is 1. The van der Waals surface area contributed by atoms with Gasteiger partial charge in [-0.05, 0) is 30.2 Å². The molecule has 1 aromatic carbocycles. The maximum Gasteiger partial charge on any atom is 0.227 e. The van der Waals surface area contributed by atoms with Crippen molar-refractivity contribution in [3.63, 3.8) is 0 Å². The minimum Gasteiger partial charge on any atom is -0.311 e. The molecule has 0 radical (unpaired) electrons. The highest BCUT2D eigenvalue weighted by Gasteiger charge is 2.34. The third-order valence-corrected chi connectivity index (χ3v) is 3.16. The van der Waals surface area contributed by atoms with Crippen molar-refractivity contribution in [3.05, 3.63) is 29.8 Å². The van der Waals surface area contributed by atoms with Crippen LogP contribution in [0, 0.1) is 12.8 Å². The number of hydrogen-bond acceptors (Lipinski definition) is 2. The Balaban J connectivity index is 2.27. The van der Waals surface area contributed by atoms with Crippen LogP contribution in [0.2, 0.25) is 0 Å². The molecule has 4 heteroatoms. The molecule has 1 aliphatic rings. The molecular weight excluding hydrogens is 226 g/mol. The van der Waals surface area contributed by atoms with Crippen LogP contribution in [0.4, 0.5) is 5.69 Å². The van der Waals surface area contributed by atoms with Gasteiger partial charge < -0.3 is 4.90 Å². The smallest absolute Gasteiger partial charge is 0.227 e. The average molecular weight is 238 g/mol. The quantitative estimate of drug-likeness (QED) is 0.739. The van der Waals surface area contributed by atoms with E-state index in [-0.39, 0.29) is 18.2 Å². The van der Waals surface area contributed by atoms with Gasteiger partial charge >= 0.3 is 0 Å². The number of anilines is 1. The zero-order chi connectivity index (χ0) is 11.7. The summed E-state index contributed by atoms with van der Waals surface area (Å²) in [6.07, 6.45) is 0.219. The number of amides is 1. The fourth-order valence-corrected chi connectivity index (χ4v) is 2.10. The van der Waals surface area contributed by atoms with Crippen LogP contribution in [0.1, 0.15) is 12.0 Å². The van der Waals surface area contributed by atoms with E-state index in [1.807, 2.05) is 31.2 Å². The number of para-hydroxylation sites is 1. The standard InChI is InChI=1S/C12H12ClNO2/c1-8-4-2-3-5-10(8)14-7-9(12(13)16)6-11(14)15/h2-5,9H,6-7H2,1H3/t9-/m1/s1. The third kappa shape index (κ3) is 1.95. The first-order valence-corrected chi connectivity index (χ1v) is 5.52. The van der Waals surface area contributed by atoms with Gasteiger partial charge in [-0.3, -0.25) is 9.59 Å². The lowest BCUT2D eigenvalue weighted by atomic mass is 10.1. The van der Waals surface area contributed by atoms with Gasteiger partial charge in [-0.1, -0.05) is 18.2 Å². The Labute approximate surface area is 99.0 Å². The third-order valence-electron chi connectivity index (χ3n) is 2.85. The van der Waals surface area contributed by atoms with Crippen LogP contribution in [-0.4, -0.2) is 17.7 Å². The number of halogens is 1. The highest BCUT2D eigenvalue weighted by Crippen LogP contribution is 2.28. The van der Waals surface area contributed by atoms with E-state index in [2.05, 4.69) is 0 Å². The first-order valence-electron chi connectivity index (χ1n) is 5.15. The molecule has 1 amide bonds. The van der Waals surface area contributed by atoms with E-state index in [4.69, 9.17) is 11.6 Å². The topological polar surface area (TPSA) is 37.4 Å². The normalized spacial score (nSPS) is 20.2. The average Bonchev–Trinajstić information content (AvgIpc) is 2.61. The van der Waals surface area contributed by atoms with Gasteiger partial charge in [0, 0.05) is 18.7 Å². The lowest BCUT2D eigenvalue weighted by Crippen LogP contribution is -2.25. The van der Waals surface area contributed by atoms with Crippen LogP contribution in [0.15, 0.2) is 24.3 Å². The second kappa shape index (κ2) is 4.26. The van der Waals surface area contributed by atoms with E-state index in [1.54, 1.807) is 4.90 Å². The summed E-state index contributed by atoms with van der Waals surface area (Å²) < 4.78 is 0. The van der Waals surface area contributed by atoms with E-state index >= 15 is 0 Å². The Bertz CT molecular complexity index is 444. The van der Waals surface area contributed by atoms with Gasteiger partial charge in [0.2, 0.25) is 11.1 Å². The van der Waals surface area contributed by atoms with Crippen molar-refractivity contribution in [1.82, 2.24) is 0 Å². The van der Waals surface area contributed by atoms with E-state index in [0.717, 1.165) is 11.3 Å². The molecule has 0 aliphatic carbocycles. The van der Waals surface area contributed by atoms with Crippen LogP contribution in [-0.2, 0) is 9.59 Å². The number of hydrogen-bond donors (Lipinski definition) is 0. The SMILES string of the molecule is Cc1ccccc1N1C[C@H](C(=O)Cl)CC1=O. The largest absolute Gasteiger partial charge is 0.311 e. The summed E-state index contributed by atoms with van der Waals surface area (Å²) in [6.45, 7) is 2.34. The molecule has 0 aromatic heterocycles. The zero-order valence-corrected chi connectivity index (χ0v) is 9.70. The van der Waals surface area contributed by atoms with Crippen molar-refractivity contribution in [1.29, 1.82) is 0 Å². The first-order chi connectivity index (χ1) is 7.59. The molecule has 1 aromatic rings. The summed E-state index contributed by atoms with van der Waals surface area (Å²) in [5.74, 6) is -0.401. The van der Waals surface area contributed by atoms with E-state index in [0.29, 0.717) is 6.54 Å². The molecular formula is C12H12ClNO2. The van der Waals surface area contributed by atoms with E-state index in [1.165, 1.54) is 0 Å². The van der Waals surface area contributed by atoms with Gasteiger partial charge in [-0.2, -0.15) is 0 Å². The number of benzene rings is 1. The minimum atomic E-state index is -0.426. The van der Waals surface area contributed by atoms with Crippen molar-refractivity contribution in [2.45, 2.75) is 13.3 Å². The molecule has 0 N–H and O–H groups in total. The lowest BCUT2D eigenvalue weighted by Gasteiger charge is -2.18. The summed E-state index contributed by atoms with van der Waals surface area (Å²) in [5.41, 5.74) is 1.89. The molecule has 0 spiro atoms. The summed E-state index contributed by atoms with van der Waals surface area (Å²) in [4.78, 5) is 24.4. The maximum absolute atomic E-state index is 11.8. The Morgan fingerprint density at radius 1 is 1.44 bits per heavy atom. The highest BCUT2D eigenvalue weighted by molar-refractivity contribution is 6.64. The molecule has 16 heavy (non-hydrogen) atoms. The molecule has 0 saturated carbocycles. The molecule has 1 saturated heterocycles. The Hall–Kier alpha value is -1.35. The van der Waals surface area contributed by atoms with Crippen LogP contribution < -0.4 is 4.90 Å². The van der Waals surface area contributed by atoms with Gasteiger partial charge in [0.25, 0.3) is 0 Å². The van der Waals surface area contributed by atoms with Crippen molar-refractivity contribution < 1.29 is 9.59 Å². The summed E-state index contributed by atoms with van der Waals surface area (Å²) in [7, 11) is 0. The molecule has 1 fully saturated rings. The number of carbonyl (C=O) groups excluding carboxylic acids is 2. The van der Waals surface area contributed by atoms with Gasteiger partial charge in [0.1, 0.15) is 0 Å². The second-order valence-electron chi connectivity index (χ2n) is 4.00. The maximum atomic E-state index is 11.8. The highest BCUT2D eigenvalue weighted by atomic mass is 35.5. The van der Waals surface area contributed by atoms with Crippen molar-refractivity contribution in [3.8, 4) is 0 Å². The number of carbonyl (C=O) groups is 2. The summed E-state index contributed by atoms with van der Waals surface area (Å²) in [5, 5.41) is -0.426. The van der Waals surface area contributed by atoms with Crippen LogP contribution in [0.3, 0.4) is 0 Å². The second-order valence-corrected chi connectivity index (χ2v) is 4.37. The van der Waals surface area contributed by atoms with Gasteiger partial charge in [0.15, 0.2) is 0 Å². The molecule has 1 aliphatic heterocycles. The van der Waals surface area contributed by atoms with Crippen molar-refractivity contribution in [2.24, 2.45) is 5.92 Å². The Morgan fingerprint density at radius 3 is 2.69 bits per heavy atom. The molecule has 2 rings (SSSR count). The summed E-state index contributed by atoms with van der Waals surface area (Å²) in [6, 6.07) is 7.63. The molecule has 0 bridgehead atoms. The number of nitrogens with zero attached hydrogens (tertiary/aromatic N) is 1.